The van der Waals surface area contributed by atoms with Crippen LogP contribution in [-0.4, -0.2) is 46.9 Å². The molecule has 1 atom stereocenters. The summed E-state index contributed by atoms with van der Waals surface area (Å²) in [6.45, 7) is 20.4. The van der Waals surface area contributed by atoms with E-state index in [-0.39, 0.29) is 24.6 Å². The van der Waals surface area contributed by atoms with Gasteiger partial charge in [0.1, 0.15) is 13.2 Å². The fourth-order valence-electron chi connectivity index (χ4n) is 3.60. The highest BCUT2D eigenvalue weighted by molar-refractivity contribution is 8.09. The lowest BCUT2D eigenvalue weighted by Gasteiger charge is -2.28. The monoisotopic (exact) mass is 565 g/mol. The molecule has 0 aliphatic carbocycles. The zero-order chi connectivity index (χ0) is 29.9. The third kappa shape index (κ3) is 12.2. The molecule has 0 aromatic heterocycles. The Morgan fingerprint density at radius 1 is 1.07 bits per heavy atom. The molecule has 0 radical (unpaired) electrons. The summed E-state index contributed by atoms with van der Waals surface area (Å²) in [6, 6.07) is 19.7. The Balaban J connectivity index is 0.000000699. The van der Waals surface area contributed by atoms with Crippen molar-refractivity contribution in [2.24, 2.45) is 0 Å². The van der Waals surface area contributed by atoms with Crippen molar-refractivity contribution in [2.75, 3.05) is 19.6 Å². The van der Waals surface area contributed by atoms with Crippen LogP contribution in [0.2, 0.25) is 0 Å². The van der Waals surface area contributed by atoms with Crippen LogP contribution < -0.4 is 5.32 Å². The fourth-order valence-corrected chi connectivity index (χ4v) is 4.92. The van der Waals surface area contributed by atoms with Gasteiger partial charge in [0.15, 0.2) is 5.50 Å². The van der Waals surface area contributed by atoms with Gasteiger partial charge in [0, 0.05) is 23.7 Å². The van der Waals surface area contributed by atoms with E-state index >= 15 is 0 Å². The molecule has 1 fully saturated rings. The van der Waals surface area contributed by atoms with E-state index < -0.39 is 6.09 Å². The molecule has 2 aromatic carbocycles. The molecule has 2 aromatic rings. The molecule has 0 spiro atoms. The predicted molar refractivity (Wildman–Crippen MR) is 170 cm³/mol. The number of allylic oxidation sites excluding steroid dienone is 3. The highest BCUT2D eigenvalue weighted by Gasteiger charge is 2.34. The van der Waals surface area contributed by atoms with Gasteiger partial charge < -0.3 is 15.0 Å². The van der Waals surface area contributed by atoms with Crippen LogP contribution in [0.25, 0.3) is 4.91 Å². The van der Waals surface area contributed by atoms with Gasteiger partial charge in [-0.05, 0) is 44.7 Å². The number of benzene rings is 2. The maximum atomic E-state index is 12.9. The highest BCUT2D eigenvalue weighted by atomic mass is 32.2. The zero-order valence-corrected chi connectivity index (χ0v) is 25.9. The Kier molecular flexibility index (Phi) is 16.9. The van der Waals surface area contributed by atoms with E-state index in [1.165, 1.54) is 10.5 Å². The van der Waals surface area contributed by atoms with Gasteiger partial charge in [0.2, 0.25) is 5.91 Å². The topological polar surface area (TPSA) is 61.9 Å². The van der Waals surface area contributed by atoms with E-state index in [0.29, 0.717) is 19.5 Å². The number of amides is 2. The van der Waals surface area contributed by atoms with Crippen molar-refractivity contribution in [3.63, 3.8) is 0 Å². The summed E-state index contributed by atoms with van der Waals surface area (Å²) in [7, 11) is 0. The van der Waals surface area contributed by atoms with Crippen molar-refractivity contribution in [1.82, 2.24) is 15.1 Å². The van der Waals surface area contributed by atoms with Crippen LogP contribution in [0.1, 0.15) is 65.5 Å². The first-order valence-corrected chi connectivity index (χ1v) is 14.8. The summed E-state index contributed by atoms with van der Waals surface area (Å²) in [5, 5.41) is 3.43. The summed E-state index contributed by atoms with van der Waals surface area (Å²) in [5.41, 5.74) is 4.14. The molecule has 1 unspecified atom stereocenters. The summed E-state index contributed by atoms with van der Waals surface area (Å²) >= 11 is 1.65. The van der Waals surface area contributed by atoms with Gasteiger partial charge in [-0.15, -0.1) is 13.2 Å². The molecule has 0 saturated carbocycles. The summed E-state index contributed by atoms with van der Waals surface area (Å²) < 4.78 is 5.41. The third-order valence-electron chi connectivity index (χ3n) is 5.45. The van der Waals surface area contributed by atoms with Crippen molar-refractivity contribution in [2.45, 2.75) is 66.5 Å². The van der Waals surface area contributed by atoms with Crippen LogP contribution >= 0.6 is 11.8 Å². The SMILES string of the molecule is C=C(C)C.C=CCC.CC.CC1=C(c2ccccc2)SC(N2CCCN(C(=O)OCc3ccccc3)CC2=O)N1. The number of hydrogen-bond donors (Lipinski definition) is 1. The lowest BCUT2D eigenvalue weighted by Crippen LogP contribution is -2.47. The first-order chi connectivity index (χ1) is 19.3. The molecule has 1 saturated heterocycles. The van der Waals surface area contributed by atoms with Gasteiger partial charge >= 0.3 is 6.09 Å². The molecule has 0 bridgehead atoms. The van der Waals surface area contributed by atoms with Gasteiger partial charge in [-0.2, -0.15) is 0 Å². The number of ether oxygens (including phenoxy) is 1. The number of nitrogens with zero attached hydrogens (tertiary/aromatic N) is 2. The molecule has 4 rings (SSSR count). The maximum Gasteiger partial charge on any atom is 0.410 e. The minimum absolute atomic E-state index is 0.0338. The Bertz CT molecular complexity index is 1080. The molecule has 40 heavy (non-hydrogen) atoms. The molecule has 2 aliphatic rings. The Labute approximate surface area is 246 Å². The smallest absolute Gasteiger partial charge is 0.410 e. The van der Waals surface area contributed by atoms with Crippen LogP contribution in [0.4, 0.5) is 4.79 Å². The fraction of sp³-hybridized carbons (Fsp3) is 0.394. The van der Waals surface area contributed by atoms with Crippen molar-refractivity contribution in [3.8, 4) is 0 Å². The van der Waals surface area contributed by atoms with Crippen LogP contribution in [0.3, 0.4) is 0 Å². The molecule has 2 aliphatic heterocycles. The van der Waals surface area contributed by atoms with Crippen molar-refractivity contribution < 1.29 is 14.3 Å². The summed E-state index contributed by atoms with van der Waals surface area (Å²) in [5.74, 6) is -0.0729. The van der Waals surface area contributed by atoms with E-state index in [9.17, 15) is 9.59 Å². The van der Waals surface area contributed by atoms with Gasteiger partial charge in [-0.3, -0.25) is 9.69 Å². The van der Waals surface area contributed by atoms with E-state index in [4.69, 9.17) is 4.74 Å². The third-order valence-corrected chi connectivity index (χ3v) is 6.83. The van der Waals surface area contributed by atoms with Crippen LogP contribution in [0.5, 0.6) is 0 Å². The van der Waals surface area contributed by atoms with Gasteiger partial charge in [-0.25, -0.2) is 4.79 Å². The van der Waals surface area contributed by atoms with Crippen molar-refractivity contribution in [1.29, 1.82) is 0 Å². The van der Waals surface area contributed by atoms with Gasteiger partial charge in [0.05, 0.1) is 0 Å². The molecule has 218 valence electrons. The molecule has 7 heteroatoms. The van der Waals surface area contributed by atoms with E-state index in [1.807, 2.05) is 94.1 Å². The number of nitrogens with one attached hydrogen (secondary N) is 1. The number of carbonyl (C=O) groups excluding carboxylic acids is 2. The minimum Gasteiger partial charge on any atom is -0.445 e. The quantitative estimate of drug-likeness (QED) is 0.372. The van der Waals surface area contributed by atoms with Crippen molar-refractivity contribution >= 4 is 28.7 Å². The normalized spacial score (nSPS) is 16.1. The minimum atomic E-state index is -0.444. The van der Waals surface area contributed by atoms with Crippen molar-refractivity contribution in [3.05, 3.63) is 102 Å². The van der Waals surface area contributed by atoms with Crippen LogP contribution in [0.15, 0.2) is 91.2 Å². The second kappa shape index (κ2) is 19.6. The molecular formula is C33H47N3O3S. The second-order valence-corrected chi connectivity index (χ2v) is 10.3. The largest absolute Gasteiger partial charge is 0.445 e. The van der Waals surface area contributed by atoms with Gasteiger partial charge in [0.25, 0.3) is 0 Å². The average molecular weight is 566 g/mol. The second-order valence-electron chi connectivity index (χ2n) is 9.24. The summed E-state index contributed by atoms with van der Waals surface area (Å²) in [4.78, 5) is 29.9. The molecule has 1 N–H and O–H groups in total. The van der Waals surface area contributed by atoms with E-state index in [2.05, 4.69) is 37.5 Å². The highest BCUT2D eigenvalue weighted by Crippen LogP contribution is 2.39. The first kappa shape index (κ1) is 34.6. The van der Waals surface area contributed by atoms with Gasteiger partial charge in [-0.1, -0.05) is 105 Å². The van der Waals surface area contributed by atoms with E-state index in [0.717, 1.165) is 28.1 Å². The number of carbonyl (C=O) groups is 2. The molecule has 6 nitrogen and oxygen atoms in total. The lowest BCUT2D eigenvalue weighted by molar-refractivity contribution is -0.131. The molecule has 2 amide bonds. The van der Waals surface area contributed by atoms with E-state index in [1.54, 1.807) is 11.8 Å². The standard InChI is InChI=1S/C23H25N3O3S.2C4H8.C2H6/c1-17-21(19-11-6-3-7-12-19)30-22(24-17)26-14-8-13-25(15-20(26)27)23(28)29-16-18-9-4-2-5-10-18;1-4(2)3;1-3-4-2;1-2/h2-7,9-12,22,24H,8,13-16H2,1H3;1H2,2-3H3;3H,1,4H2,2H3;1-2H3. The number of thioether (sulfide) groups is 1. The van der Waals surface area contributed by atoms with Crippen LogP contribution in [-0.2, 0) is 16.1 Å². The molecule has 2 heterocycles. The summed E-state index contributed by atoms with van der Waals surface area (Å²) in [6.07, 6.45) is 3.23. The average Bonchev–Trinajstić information content (AvgIpc) is 3.24. The zero-order valence-electron chi connectivity index (χ0n) is 25.1. The maximum absolute atomic E-state index is 12.9. The Morgan fingerprint density at radius 2 is 1.62 bits per heavy atom. The van der Waals surface area contributed by atoms with Crippen LogP contribution in [0, 0.1) is 0 Å². The molecular weight excluding hydrogens is 518 g/mol. The first-order valence-electron chi connectivity index (χ1n) is 13.9. The number of rotatable bonds is 5. The number of hydrogen-bond acceptors (Lipinski definition) is 5. The predicted octanol–water partition coefficient (Wildman–Crippen LogP) is 8.06. The lowest BCUT2D eigenvalue weighted by atomic mass is 10.2. The Hall–Kier alpha value is -3.45. The Morgan fingerprint density at radius 3 is 2.17 bits per heavy atom.